The summed E-state index contributed by atoms with van der Waals surface area (Å²) in [5.74, 6) is 0.599. The quantitative estimate of drug-likeness (QED) is 0.871. The summed E-state index contributed by atoms with van der Waals surface area (Å²) in [6, 6.07) is 3.84. The minimum atomic E-state index is 0.199. The summed E-state index contributed by atoms with van der Waals surface area (Å²) in [6.07, 6.45) is 7.12. The fourth-order valence-electron chi connectivity index (χ4n) is 2.87. The van der Waals surface area contributed by atoms with Crippen LogP contribution in [-0.2, 0) is 17.6 Å². The second-order valence-electron chi connectivity index (χ2n) is 5.75. The number of likely N-dealkylation sites (tertiary alicyclic amines) is 1. The number of pyridine rings is 1. The van der Waals surface area contributed by atoms with Crippen LogP contribution in [0.1, 0.15) is 41.9 Å². The van der Waals surface area contributed by atoms with Gasteiger partial charge in [-0.15, -0.1) is 11.3 Å². The maximum atomic E-state index is 12.5. The first-order valence-corrected chi connectivity index (χ1v) is 8.75. The van der Waals surface area contributed by atoms with E-state index in [2.05, 4.69) is 17.3 Å². The van der Waals surface area contributed by atoms with Crippen LogP contribution in [0.5, 0.6) is 0 Å². The van der Waals surface area contributed by atoms with Crippen molar-refractivity contribution in [3.8, 4) is 0 Å². The molecule has 2 aromatic rings. The highest BCUT2D eigenvalue weighted by Gasteiger charge is 2.26. The molecule has 2 aromatic heterocycles. The van der Waals surface area contributed by atoms with Crippen molar-refractivity contribution < 1.29 is 4.79 Å². The van der Waals surface area contributed by atoms with Crippen molar-refractivity contribution in [1.29, 1.82) is 0 Å². The Kier molecular flexibility index (Phi) is 4.83. The van der Waals surface area contributed by atoms with Crippen LogP contribution >= 0.6 is 11.3 Å². The predicted molar refractivity (Wildman–Crippen MR) is 88.0 cm³/mol. The van der Waals surface area contributed by atoms with Gasteiger partial charge in [-0.25, -0.2) is 4.98 Å². The molecule has 0 saturated carbocycles. The molecule has 0 spiro atoms. The average molecular weight is 315 g/mol. The van der Waals surface area contributed by atoms with Gasteiger partial charge in [-0.05, 0) is 30.9 Å². The van der Waals surface area contributed by atoms with Gasteiger partial charge in [-0.1, -0.05) is 13.0 Å². The highest BCUT2D eigenvalue weighted by Crippen LogP contribution is 2.29. The minimum absolute atomic E-state index is 0.199. The zero-order valence-corrected chi connectivity index (χ0v) is 13.7. The summed E-state index contributed by atoms with van der Waals surface area (Å²) in [4.78, 5) is 23.3. The number of aryl methyl sites for hydroxylation is 1. The molecule has 0 N–H and O–H groups in total. The first-order chi connectivity index (χ1) is 10.8. The average Bonchev–Trinajstić information content (AvgIpc) is 3.05. The Morgan fingerprint density at radius 1 is 1.50 bits per heavy atom. The van der Waals surface area contributed by atoms with Gasteiger partial charge in [0.05, 0.1) is 17.1 Å². The van der Waals surface area contributed by atoms with Crippen molar-refractivity contribution in [2.24, 2.45) is 0 Å². The molecule has 1 fully saturated rings. The number of hydrogen-bond acceptors (Lipinski definition) is 4. The van der Waals surface area contributed by atoms with Crippen molar-refractivity contribution >= 4 is 17.2 Å². The molecule has 3 rings (SSSR count). The highest BCUT2D eigenvalue weighted by molar-refractivity contribution is 7.09. The molecule has 0 aliphatic carbocycles. The van der Waals surface area contributed by atoms with Gasteiger partial charge in [0.2, 0.25) is 5.91 Å². The smallest absolute Gasteiger partial charge is 0.227 e. The Balaban J connectivity index is 1.63. The molecule has 116 valence electrons. The van der Waals surface area contributed by atoms with E-state index < -0.39 is 0 Å². The summed E-state index contributed by atoms with van der Waals surface area (Å²) < 4.78 is 0. The molecule has 0 radical (unpaired) electrons. The maximum Gasteiger partial charge on any atom is 0.227 e. The molecule has 1 amide bonds. The van der Waals surface area contributed by atoms with Crippen LogP contribution in [0.3, 0.4) is 0 Å². The highest BCUT2D eigenvalue weighted by atomic mass is 32.1. The van der Waals surface area contributed by atoms with E-state index in [1.807, 2.05) is 17.0 Å². The van der Waals surface area contributed by atoms with Crippen LogP contribution in [0.4, 0.5) is 0 Å². The fraction of sp³-hybridized carbons (Fsp3) is 0.471. The van der Waals surface area contributed by atoms with E-state index in [-0.39, 0.29) is 5.91 Å². The SMILES string of the molecule is CCc1csc([C@@H]2CCCN(C(=O)Cc3cccnc3)C2)n1. The van der Waals surface area contributed by atoms with Crippen molar-refractivity contribution in [2.75, 3.05) is 13.1 Å². The molecule has 1 atom stereocenters. The number of amides is 1. The lowest BCUT2D eigenvalue weighted by atomic mass is 9.98. The van der Waals surface area contributed by atoms with Crippen molar-refractivity contribution in [3.05, 3.63) is 46.2 Å². The molecule has 1 saturated heterocycles. The van der Waals surface area contributed by atoms with Gasteiger partial charge in [0, 0.05) is 36.8 Å². The van der Waals surface area contributed by atoms with Crippen LogP contribution in [-0.4, -0.2) is 33.9 Å². The maximum absolute atomic E-state index is 12.5. The molecule has 0 unspecified atom stereocenters. The molecule has 1 aliphatic heterocycles. The minimum Gasteiger partial charge on any atom is -0.342 e. The van der Waals surface area contributed by atoms with Gasteiger partial charge in [0.15, 0.2) is 0 Å². The first-order valence-electron chi connectivity index (χ1n) is 7.87. The van der Waals surface area contributed by atoms with Gasteiger partial charge in [0.25, 0.3) is 0 Å². The van der Waals surface area contributed by atoms with E-state index in [0.29, 0.717) is 12.3 Å². The van der Waals surface area contributed by atoms with Crippen LogP contribution in [0.15, 0.2) is 29.9 Å². The Hall–Kier alpha value is -1.75. The van der Waals surface area contributed by atoms with Gasteiger partial charge < -0.3 is 4.90 Å². The molecular formula is C17H21N3OS. The summed E-state index contributed by atoms with van der Waals surface area (Å²) >= 11 is 1.74. The molecule has 1 aliphatic rings. The monoisotopic (exact) mass is 315 g/mol. The third-order valence-electron chi connectivity index (χ3n) is 4.13. The number of hydrogen-bond donors (Lipinski definition) is 0. The zero-order valence-electron chi connectivity index (χ0n) is 12.9. The van der Waals surface area contributed by atoms with E-state index in [1.54, 1.807) is 23.7 Å². The first kappa shape index (κ1) is 15.2. The molecule has 0 aromatic carbocycles. The van der Waals surface area contributed by atoms with E-state index in [0.717, 1.165) is 37.9 Å². The molecule has 22 heavy (non-hydrogen) atoms. The van der Waals surface area contributed by atoms with E-state index in [9.17, 15) is 4.79 Å². The van der Waals surface area contributed by atoms with Gasteiger partial charge >= 0.3 is 0 Å². The zero-order chi connectivity index (χ0) is 15.4. The number of piperidine rings is 1. The number of nitrogens with zero attached hydrogens (tertiary/aromatic N) is 3. The van der Waals surface area contributed by atoms with Crippen molar-refractivity contribution in [3.63, 3.8) is 0 Å². The number of aromatic nitrogens is 2. The molecule has 0 bridgehead atoms. The Morgan fingerprint density at radius 3 is 3.14 bits per heavy atom. The molecular weight excluding hydrogens is 294 g/mol. The van der Waals surface area contributed by atoms with Crippen LogP contribution in [0, 0.1) is 0 Å². The third kappa shape index (κ3) is 3.53. The lowest BCUT2D eigenvalue weighted by molar-refractivity contribution is -0.131. The van der Waals surface area contributed by atoms with E-state index in [4.69, 9.17) is 4.98 Å². The van der Waals surface area contributed by atoms with Crippen LogP contribution in [0.25, 0.3) is 0 Å². The lowest BCUT2D eigenvalue weighted by Gasteiger charge is -2.32. The summed E-state index contributed by atoms with van der Waals surface area (Å²) in [5.41, 5.74) is 2.15. The normalized spacial score (nSPS) is 18.4. The van der Waals surface area contributed by atoms with E-state index in [1.165, 1.54) is 10.7 Å². The fourth-order valence-corrected chi connectivity index (χ4v) is 3.90. The van der Waals surface area contributed by atoms with Crippen molar-refractivity contribution in [2.45, 2.75) is 38.5 Å². The Morgan fingerprint density at radius 2 is 2.41 bits per heavy atom. The summed E-state index contributed by atoms with van der Waals surface area (Å²) in [6.45, 7) is 3.79. The second-order valence-corrected chi connectivity index (χ2v) is 6.64. The number of carbonyl (C=O) groups is 1. The predicted octanol–water partition coefficient (Wildman–Crippen LogP) is 3.05. The molecule has 3 heterocycles. The van der Waals surface area contributed by atoms with Gasteiger partial charge in [0.1, 0.15) is 0 Å². The Bertz CT molecular complexity index is 626. The van der Waals surface area contributed by atoms with Gasteiger partial charge in [-0.3, -0.25) is 9.78 Å². The summed E-state index contributed by atoms with van der Waals surface area (Å²) in [5, 5.41) is 3.34. The van der Waals surface area contributed by atoms with E-state index >= 15 is 0 Å². The van der Waals surface area contributed by atoms with Crippen LogP contribution < -0.4 is 0 Å². The van der Waals surface area contributed by atoms with Gasteiger partial charge in [-0.2, -0.15) is 0 Å². The number of carbonyl (C=O) groups excluding carboxylic acids is 1. The largest absolute Gasteiger partial charge is 0.342 e. The number of thiazole rings is 1. The lowest BCUT2D eigenvalue weighted by Crippen LogP contribution is -2.39. The van der Waals surface area contributed by atoms with Crippen molar-refractivity contribution in [1.82, 2.24) is 14.9 Å². The molecule has 4 nitrogen and oxygen atoms in total. The third-order valence-corrected chi connectivity index (χ3v) is 5.19. The molecule has 5 heteroatoms. The van der Waals surface area contributed by atoms with Crippen LogP contribution in [0.2, 0.25) is 0 Å². The second kappa shape index (κ2) is 7.01. The summed E-state index contributed by atoms with van der Waals surface area (Å²) in [7, 11) is 0. The standard InChI is InChI=1S/C17H21N3OS/c1-2-15-12-22-17(19-15)14-6-4-8-20(11-14)16(21)9-13-5-3-7-18-10-13/h3,5,7,10,12,14H,2,4,6,8-9,11H2,1H3/t14-/m1/s1. The topological polar surface area (TPSA) is 46.1 Å². The Labute approximate surface area is 135 Å². The number of rotatable bonds is 4.